The number of hydrogen-bond acceptors (Lipinski definition) is 8. The molecule has 0 saturated carbocycles. The van der Waals surface area contributed by atoms with Crippen LogP contribution in [-0.2, 0) is 20.8 Å². The summed E-state index contributed by atoms with van der Waals surface area (Å²) >= 11 is 0. The Morgan fingerprint density at radius 3 is 2.16 bits per heavy atom. The molecular formula is C16H22N2O7. The number of rotatable bonds is 4. The maximum absolute atomic E-state index is 11.1. The van der Waals surface area contributed by atoms with Crippen molar-refractivity contribution in [2.24, 2.45) is 0 Å². The van der Waals surface area contributed by atoms with Crippen molar-refractivity contribution in [2.45, 2.75) is 6.54 Å². The topological polar surface area (TPSA) is 111 Å². The van der Waals surface area contributed by atoms with Gasteiger partial charge in [-0.15, -0.1) is 0 Å². The average Bonchev–Trinajstić information content (AvgIpc) is 2.58. The van der Waals surface area contributed by atoms with Crippen molar-refractivity contribution in [1.82, 2.24) is 4.90 Å². The standard InChI is InChI=1S/C16H22N2O7/c19-12-14-10-15(18(21)22)9-13(16(14)20)11-17-1-3-23-5-7-25-8-6-24-4-2-17/h9-10,12,20H,1-8,11H2. The first-order valence-corrected chi connectivity index (χ1v) is 8.03. The highest BCUT2D eigenvalue weighted by molar-refractivity contribution is 5.81. The largest absolute Gasteiger partial charge is 0.507 e. The molecule has 1 N–H and O–H groups in total. The highest BCUT2D eigenvalue weighted by Gasteiger charge is 2.18. The molecule has 0 unspecified atom stereocenters. The fourth-order valence-electron chi connectivity index (χ4n) is 2.46. The van der Waals surface area contributed by atoms with Crippen LogP contribution >= 0.6 is 0 Å². The summed E-state index contributed by atoms with van der Waals surface area (Å²) in [6.07, 6.45) is 0.411. The van der Waals surface area contributed by atoms with E-state index < -0.39 is 4.92 Å². The summed E-state index contributed by atoms with van der Waals surface area (Å²) in [6, 6.07) is 2.35. The second-order valence-electron chi connectivity index (χ2n) is 5.53. The monoisotopic (exact) mass is 354 g/mol. The highest BCUT2D eigenvalue weighted by Crippen LogP contribution is 2.28. The predicted octanol–water partition coefficient (Wildman–Crippen LogP) is 0.978. The SMILES string of the molecule is O=Cc1cc([N+](=O)[O-])cc(CN2CCOCCOCCOCC2)c1O. The van der Waals surface area contributed by atoms with Gasteiger partial charge < -0.3 is 19.3 Å². The lowest BCUT2D eigenvalue weighted by Gasteiger charge is -2.23. The first-order chi connectivity index (χ1) is 12.1. The van der Waals surface area contributed by atoms with Crippen molar-refractivity contribution in [1.29, 1.82) is 0 Å². The number of nitro groups is 1. The lowest BCUT2D eigenvalue weighted by molar-refractivity contribution is -0.385. The summed E-state index contributed by atoms with van der Waals surface area (Å²) in [6.45, 7) is 4.23. The molecule has 0 radical (unpaired) electrons. The Hall–Kier alpha value is -2.07. The average molecular weight is 354 g/mol. The molecule has 1 heterocycles. The fourth-order valence-corrected chi connectivity index (χ4v) is 2.46. The van der Waals surface area contributed by atoms with Crippen LogP contribution in [0.15, 0.2) is 12.1 Å². The van der Waals surface area contributed by atoms with E-state index in [1.807, 2.05) is 4.90 Å². The number of phenols is 1. The van der Waals surface area contributed by atoms with E-state index in [2.05, 4.69) is 0 Å². The molecule has 0 bridgehead atoms. The number of aldehydes is 1. The smallest absolute Gasteiger partial charge is 0.270 e. The summed E-state index contributed by atoms with van der Waals surface area (Å²) in [5.41, 5.74) is 0.00355. The number of nitro benzene ring substituents is 1. The van der Waals surface area contributed by atoms with Crippen LogP contribution in [0.4, 0.5) is 5.69 Å². The van der Waals surface area contributed by atoms with Gasteiger partial charge in [-0.2, -0.15) is 0 Å². The molecular weight excluding hydrogens is 332 g/mol. The van der Waals surface area contributed by atoms with Gasteiger partial charge in [-0.3, -0.25) is 19.8 Å². The molecule has 0 aliphatic carbocycles. The number of nitrogens with zero attached hydrogens (tertiary/aromatic N) is 2. The predicted molar refractivity (Wildman–Crippen MR) is 87.9 cm³/mol. The van der Waals surface area contributed by atoms with Crippen molar-refractivity contribution in [3.05, 3.63) is 33.4 Å². The lowest BCUT2D eigenvalue weighted by atomic mass is 10.1. The van der Waals surface area contributed by atoms with Gasteiger partial charge >= 0.3 is 0 Å². The Bertz CT molecular complexity index is 582. The van der Waals surface area contributed by atoms with Crippen LogP contribution in [0.1, 0.15) is 15.9 Å². The first kappa shape index (κ1) is 19.3. The third-order valence-electron chi connectivity index (χ3n) is 3.78. The molecule has 25 heavy (non-hydrogen) atoms. The van der Waals surface area contributed by atoms with Crippen molar-refractivity contribution in [3.63, 3.8) is 0 Å². The normalized spacial score (nSPS) is 18.1. The number of ether oxygens (including phenoxy) is 3. The van der Waals surface area contributed by atoms with Gasteiger partial charge in [0, 0.05) is 37.3 Å². The minimum Gasteiger partial charge on any atom is -0.507 e. The maximum atomic E-state index is 11.1. The van der Waals surface area contributed by atoms with E-state index in [-0.39, 0.29) is 23.5 Å². The minimum atomic E-state index is -0.585. The van der Waals surface area contributed by atoms with Gasteiger partial charge in [0.15, 0.2) is 6.29 Å². The van der Waals surface area contributed by atoms with Gasteiger partial charge in [-0.25, -0.2) is 0 Å². The van der Waals surface area contributed by atoms with E-state index in [0.29, 0.717) is 64.6 Å². The van der Waals surface area contributed by atoms with Gasteiger partial charge in [0.25, 0.3) is 5.69 Å². The Labute approximate surface area is 145 Å². The molecule has 2 rings (SSSR count). The Morgan fingerprint density at radius 2 is 1.64 bits per heavy atom. The highest BCUT2D eigenvalue weighted by atomic mass is 16.6. The molecule has 9 nitrogen and oxygen atoms in total. The number of carbonyl (C=O) groups is 1. The van der Waals surface area contributed by atoms with E-state index in [4.69, 9.17) is 14.2 Å². The van der Waals surface area contributed by atoms with Crippen LogP contribution < -0.4 is 0 Å². The zero-order valence-electron chi connectivity index (χ0n) is 13.9. The quantitative estimate of drug-likeness (QED) is 0.484. The molecule has 1 aromatic rings. The van der Waals surface area contributed by atoms with E-state index in [9.17, 15) is 20.0 Å². The zero-order valence-corrected chi connectivity index (χ0v) is 13.9. The molecule has 1 aliphatic rings. The molecule has 1 saturated heterocycles. The summed E-state index contributed by atoms with van der Waals surface area (Å²) < 4.78 is 16.3. The minimum absolute atomic E-state index is 0.0943. The molecule has 1 fully saturated rings. The molecule has 9 heteroatoms. The molecule has 0 amide bonds. The summed E-state index contributed by atoms with van der Waals surface area (Å²) in [5.74, 6) is -0.234. The van der Waals surface area contributed by atoms with Gasteiger partial charge in [0.1, 0.15) is 5.75 Å². The number of benzene rings is 1. The van der Waals surface area contributed by atoms with Crippen LogP contribution in [0.2, 0.25) is 0 Å². The number of hydrogen-bond donors (Lipinski definition) is 1. The van der Waals surface area contributed by atoms with E-state index in [0.717, 1.165) is 6.07 Å². The Balaban J connectivity index is 2.11. The molecule has 0 atom stereocenters. The van der Waals surface area contributed by atoms with Crippen molar-refractivity contribution >= 4 is 12.0 Å². The van der Waals surface area contributed by atoms with Gasteiger partial charge in [0.2, 0.25) is 0 Å². The molecule has 1 aliphatic heterocycles. The maximum Gasteiger partial charge on any atom is 0.270 e. The van der Waals surface area contributed by atoms with Gasteiger partial charge in [-0.05, 0) is 0 Å². The third kappa shape index (κ3) is 6.05. The summed E-state index contributed by atoms with van der Waals surface area (Å²) in [7, 11) is 0. The Kier molecular flexibility index (Phi) is 7.74. The van der Waals surface area contributed by atoms with E-state index >= 15 is 0 Å². The molecule has 0 aromatic heterocycles. The van der Waals surface area contributed by atoms with Crippen LogP contribution in [0.25, 0.3) is 0 Å². The van der Waals surface area contributed by atoms with Crippen molar-refractivity contribution < 1.29 is 29.0 Å². The zero-order chi connectivity index (χ0) is 18.1. The Morgan fingerprint density at radius 1 is 1.08 bits per heavy atom. The number of carbonyl (C=O) groups excluding carboxylic acids is 1. The summed E-state index contributed by atoms with van der Waals surface area (Å²) in [5, 5.41) is 21.2. The molecule has 1 aromatic carbocycles. The third-order valence-corrected chi connectivity index (χ3v) is 3.78. The van der Waals surface area contributed by atoms with E-state index in [1.54, 1.807) is 0 Å². The van der Waals surface area contributed by atoms with Crippen LogP contribution in [0.5, 0.6) is 5.75 Å². The van der Waals surface area contributed by atoms with Crippen LogP contribution in [0.3, 0.4) is 0 Å². The first-order valence-electron chi connectivity index (χ1n) is 8.03. The lowest BCUT2D eigenvalue weighted by Crippen LogP contribution is -2.32. The van der Waals surface area contributed by atoms with Crippen LogP contribution in [-0.4, -0.2) is 73.9 Å². The molecule has 0 spiro atoms. The van der Waals surface area contributed by atoms with E-state index in [1.165, 1.54) is 6.07 Å². The number of aromatic hydroxyl groups is 1. The number of non-ortho nitro benzene ring substituents is 1. The summed E-state index contributed by atoms with van der Waals surface area (Å²) in [4.78, 5) is 23.4. The van der Waals surface area contributed by atoms with Crippen molar-refractivity contribution in [2.75, 3.05) is 52.7 Å². The van der Waals surface area contributed by atoms with Gasteiger partial charge in [-0.1, -0.05) is 0 Å². The fraction of sp³-hybridized carbons (Fsp3) is 0.562. The van der Waals surface area contributed by atoms with Crippen LogP contribution in [0, 0.1) is 10.1 Å². The van der Waals surface area contributed by atoms with Crippen molar-refractivity contribution in [3.8, 4) is 5.75 Å². The second kappa shape index (κ2) is 10.0. The number of phenolic OH excluding ortho intramolecular Hbond substituents is 1. The van der Waals surface area contributed by atoms with Gasteiger partial charge in [0.05, 0.1) is 50.1 Å². The molecule has 138 valence electrons. The second-order valence-corrected chi connectivity index (χ2v) is 5.53.